The summed E-state index contributed by atoms with van der Waals surface area (Å²) in [4.78, 5) is 68.9. The maximum absolute atomic E-state index is 13.6. The van der Waals surface area contributed by atoms with Gasteiger partial charge in [0.25, 0.3) is 0 Å². The van der Waals surface area contributed by atoms with Crippen molar-refractivity contribution in [1.82, 2.24) is 21.0 Å². The number of hydrogen-bond donors (Lipinski definition) is 3. The SMILES string of the molecule is CC(C)(C)C(NC=O)C(=O)N1C(C(=O)NCC(=O)C(=O)NOc2ccccc2)CC2CCCCC21. The number of ketones is 1. The van der Waals surface area contributed by atoms with E-state index in [1.807, 2.05) is 20.8 Å². The second kappa shape index (κ2) is 11.3. The van der Waals surface area contributed by atoms with E-state index in [1.54, 1.807) is 35.2 Å². The summed E-state index contributed by atoms with van der Waals surface area (Å²) < 4.78 is 0. The Morgan fingerprint density at radius 2 is 1.80 bits per heavy atom. The number of hydrogen-bond acceptors (Lipinski definition) is 6. The third-order valence-electron chi connectivity index (χ3n) is 6.67. The molecule has 1 aromatic rings. The van der Waals surface area contributed by atoms with E-state index < -0.39 is 41.6 Å². The van der Waals surface area contributed by atoms with Crippen molar-refractivity contribution in [2.45, 2.75) is 71.0 Å². The van der Waals surface area contributed by atoms with Gasteiger partial charge in [-0.25, -0.2) is 0 Å². The maximum Gasteiger partial charge on any atom is 0.321 e. The topological polar surface area (TPSA) is 134 Å². The molecule has 0 radical (unpaired) electrons. The van der Waals surface area contributed by atoms with Gasteiger partial charge in [-0.2, -0.15) is 5.48 Å². The van der Waals surface area contributed by atoms with Crippen LogP contribution in [0.5, 0.6) is 5.75 Å². The molecule has 1 aliphatic heterocycles. The molecule has 1 aliphatic carbocycles. The first-order chi connectivity index (χ1) is 16.6. The summed E-state index contributed by atoms with van der Waals surface area (Å²) in [6.45, 7) is 5.03. The summed E-state index contributed by atoms with van der Waals surface area (Å²) >= 11 is 0. The summed E-state index contributed by atoms with van der Waals surface area (Å²) in [5.41, 5.74) is 1.50. The molecule has 1 heterocycles. The van der Waals surface area contributed by atoms with Crippen LogP contribution in [-0.4, -0.2) is 59.5 Å². The van der Waals surface area contributed by atoms with E-state index in [2.05, 4.69) is 16.1 Å². The fraction of sp³-hybridized carbons (Fsp3) is 0.560. The Morgan fingerprint density at radius 3 is 2.46 bits per heavy atom. The zero-order chi connectivity index (χ0) is 25.6. The van der Waals surface area contributed by atoms with Gasteiger partial charge in [0.2, 0.25) is 24.0 Å². The zero-order valence-electron chi connectivity index (χ0n) is 20.4. The first kappa shape index (κ1) is 26.2. The molecule has 10 nitrogen and oxygen atoms in total. The fourth-order valence-electron chi connectivity index (χ4n) is 4.94. The molecule has 3 N–H and O–H groups in total. The summed E-state index contributed by atoms with van der Waals surface area (Å²) in [6, 6.07) is 6.77. The lowest BCUT2D eigenvalue weighted by atomic mass is 9.83. The van der Waals surface area contributed by atoms with E-state index in [1.165, 1.54) is 0 Å². The van der Waals surface area contributed by atoms with Crippen molar-refractivity contribution in [2.75, 3.05) is 6.54 Å². The smallest absolute Gasteiger partial charge is 0.321 e. The molecule has 4 atom stereocenters. The second-order valence-electron chi connectivity index (χ2n) is 10.2. The number of carbonyl (C=O) groups is 5. The van der Waals surface area contributed by atoms with Crippen LogP contribution in [0.2, 0.25) is 0 Å². The van der Waals surface area contributed by atoms with Crippen LogP contribution in [0, 0.1) is 11.3 Å². The number of Topliss-reactive ketones (excluding diaryl/α,β-unsaturated/α-hetero) is 1. The van der Waals surface area contributed by atoms with Crippen LogP contribution < -0.4 is 21.0 Å². The normalized spacial score (nSPS) is 22.4. The number of nitrogens with zero attached hydrogens (tertiary/aromatic N) is 1. The molecule has 3 rings (SSSR count). The molecule has 10 heteroatoms. The van der Waals surface area contributed by atoms with Crippen LogP contribution in [0.1, 0.15) is 52.9 Å². The lowest BCUT2D eigenvalue weighted by Gasteiger charge is -2.39. The van der Waals surface area contributed by atoms with Gasteiger partial charge in [0.15, 0.2) is 5.75 Å². The average molecular weight is 487 g/mol. The summed E-state index contributed by atoms with van der Waals surface area (Å²) in [6.07, 6.45) is 4.69. The van der Waals surface area contributed by atoms with Gasteiger partial charge in [-0.3, -0.25) is 24.0 Å². The lowest BCUT2D eigenvalue weighted by Crippen LogP contribution is -2.59. The van der Waals surface area contributed by atoms with Crippen LogP contribution in [-0.2, 0) is 24.0 Å². The Bertz CT molecular complexity index is 945. The Morgan fingerprint density at radius 1 is 1.11 bits per heavy atom. The lowest BCUT2D eigenvalue weighted by molar-refractivity contribution is -0.146. The van der Waals surface area contributed by atoms with Crippen LogP contribution in [0.25, 0.3) is 0 Å². The van der Waals surface area contributed by atoms with Crippen molar-refractivity contribution in [3.8, 4) is 5.75 Å². The number of fused-ring (bicyclic) bond motifs is 1. The highest BCUT2D eigenvalue weighted by Gasteiger charge is 2.50. The van der Waals surface area contributed by atoms with Crippen LogP contribution in [0.4, 0.5) is 0 Å². The molecule has 2 aliphatic rings. The van der Waals surface area contributed by atoms with Gasteiger partial charge in [0, 0.05) is 6.04 Å². The minimum atomic E-state index is -0.995. The zero-order valence-corrected chi connectivity index (χ0v) is 20.4. The average Bonchev–Trinajstić information content (AvgIpc) is 3.23. The number of carbonyl (C=O) groups excluding carboxylic acids is 5. The van der Waals surface area contributed by atoms with Crippen molar-refractivity contribution < 1.29 is 28.8 Å². The quantitative estimate of drug-likeness (QED) is 0.272. The number of para-hydroxylation sites is 1. The van der Waals surface area contributed by atoms with Gasteiger partial charge in [-0.05, 0) is 42.7 Å². The van der Waals surface area contributed by atoms with Crippen LogP contribution >= 0.6 is 0 Å². The van der Waals surface area contributed by atoms with Crippen molar-refractivity contribution >= 4 is 29.9 Å². The summed E-state index contributed by atoms with van der Waals surface area (Å²) in [5.74, 6) is -2.13. The highest BCUT2D eigenvalue weighted by molar-refractivity contribution is 6.37. The van der Waals surface area contributed by atoms with E-state index >= 15 is 0 Å². The molecule has 0 bridgehead atoms. The minimum Gasteiger partial charge on any atom is -0.379 e. The first-order valence-electron chi connectivity index (χ1n) is 12.0. The van der Waals surface area contributed by atoms with E-state index in [0.29, 0.717) is 18.6 Å². The largest absolute Gasteiger partial charge is 0.379 e. The molecule has 1 aromatic carbocycles. The van der Waals surface area contributed by atoms with Gasteiger partial charge in [0.05, 0.1) is 6.54 Å². The molecule has 0 aromatic heterocycles. The molecular formula is C25H34N4O6. The molecule has 190 valence electrons. The third kappa shape index (κ3) is 6.37. The second-order valence-corrected chi connectivity index (χ2v) is 10.2. The number of likely N-dealkylation sites (tertiary alicyclic amines) is 1. The number of rotatable bonds is 9. The van der Waals surface area contributed by atoms with Gasteiger partial charge in [-0.15, -0.1) is 0 Å². The standard InChI is InChI=1S/C25H34N4O6/c1-25(2,3)21(27-15-30)24(34)29-18-12-8-7-9-16(18)13-19(29)22(32)26-14-20(31)23(33)28-35-17-10-5-4-6-11-17/h4-6,10-11,15-16,18-19,21H,7-9,12-14H2,1-3H3,(H,26,32)(H,27,30)(H,28,33). The van der Waals surface area contributed by atoms with Gasteiger partial charge < -0.3 is 20.4 Å². The predicted molar refractivity (Wildman–Crippen MR) is 127 cm³/mol. The Hall–Kier alpha value is -3.43. The van der Waals surface area contributed by atoms with Gasteiger partial charge in [0.1, 0.15) is 12.1 Å². The van der Waals surface area contributed by atoms with E-state index in [4.69, 9.17) is 4.84 Å². The van der Waals surface area contributed by atoms with Crippen molar-refractivity contribution in [3.05, 3.63) is 30.3 Å². The molecule has 4 amide bonds. The molecule has 35 heavy (non-hydrogen) atoms. The summed E-state index contributed by atoms with van der Waals surface area (Å²) in [7, 11) is 0. The van der Waals surface area contributed by atoms with E-state index in [9.17, 15) is 24.0 Å². The number of nitrogens with one attached hydrogen (secondary N) is 3. The van der Waals surface area contributed by atoms with E-state index in [0.717, 1.165) is 25.7 Å². The maximum atomic E-state index is 13.6. The van der Waals surface area contributed by atoms with Crippen LogP contribution in [0.15, 0.2) is 30.3 Å². The fourth-order valence-corrected chi connectivity index (χ4v) is 4.94. The van der Waals surface area contributed by atoms with Gasteiger partial charge in [-0.1, -0.05) is 51.8 Å². The van der Waals surface area contributed by atoms with Crippen molar-refractivity contribution in [2.24, 2.45) is 11.3 Å². The molecular weight excluding hydrogens is 452 g/mol. The summed E-state index contributed by atoms with van der Waals surface area (Å²) in [5, 5.41) is 5.14. The van der Waals surface area contributed by atoms with Crippen molar-refractivity contribution in [3.63, 3.8) is 0 Å². The monoisotopic (exact) mass is 486 g/mol. The molecule has 2 fully saturated rings. The number of hydroxylamine groups is 1. The first-order valence-corrected chi connectivity index (χ1v) is 12.0. The highest BCUT2D eigenvalue weighted by Crippen LogP contribution is 2.41. The predicted octanol–water partition coefficient (Wildman–Crippen LogP) is 1.10. The molecule has 4 unspecified atom stereocenters. The Kier molecular flexibility index (Phi) is 8.48. The highest BCUT2D eigenvalue weighted by atomic mass is 16.7. The van der Waals surface area contributed by atoms with Crippen molar-refractivity contribution in [1.29, 1.82) is 0 Å². The Balaban J connectivity index is 1.65. The minimum absolute atomic E-state index is 0.0939. The van der Waals surface area contributed by atoms with E-state index in [-0.39, 0.29) is 17.9 Å². The number of benzene rings is 1. The molecule has 0 spiro atoms. The number of amides is 4. The molecule has 1 saturated carbocycles. The molecule has 1 saturated heterocycles. The third-order valence-corrected chi connectivity index (χ3v) is 6.67. The Labute approximate surface area is 205 Å². The van der Waals surface area contributed by atoms with Crippen LogP contribution in [0.3, 0.4) is 0 Å². The van der Waals surface area contributed by atoms with Gasteiger partial charge >= 0.3 is 5.91 Å².